The van der Waals surface area contributed by atoms with Gasteiger partial charge in [0.25, 0.3) is 10.0 Å². The van der Waals surface area contributed by atoms with Crippen LogP contribution in [0.3, 0.4) is 0 Å². The summed E-state index contributed by atoms with van der Waals surface area (Å²) < 4.78 is 39.2. The van der Waals surface area contributed by atoms with Crippen molar-refractivity contribution in [2.24, 2.45) is 0 Å². The van der Waals surface area contributed by atoms with E-state index >= 15 is 0 Å². The summed E-state index contributed by atoms with van der Waals surface area (Å²) in [7, 11) is -2.37. The Kier molecular flexibility index (Phi) is 7.53. The molecule has 0 amide bonds. The van der Waals surface area contributed by atoms with Crippen LogP contribution < -0.4 is 9.04 Å². The van der Waals surface area contributed by atoms with Gasteiger partial charge in [-0.1, -0.05) is 0 Å². The molecule has 0 N–H and O–H groups in total. The molecule has 0 aliphatic rings. The van der Waals surface area contributed by atoms with E-state index < -0.39 is 16.0 Å². The van der Waals surface area contributed by atoms with E-state index in [2.05, 4.69) is 0 Å². The van der Waals surface area contributed by atoms with Crippen molar-refractivity contribution >= 4 is 21.7 Å². The van der Waals surface area contributed by atoms with Crippen molar-refractivity contribution in [2.45, 2.75) is 52.9 Å². The Morgan fingerprint density at radius 2 is 1.40 bits per heavy atom. The lowest BCUT2D eigenvalue weighted by Crippen LogP contribution is -2.34. The molecule has 0 spiro atoms. The van der Waals surface area contributed by atoms with Crippen molar-refractivity contribution in [2.75, 3.05) is 24.6 Å². The highest BCUT2D eigenvalue weighted by atomic mass is 32.2. The highest BCUT2D eigenvalue weighted by molar-refractivity contribution is 7.93. The summed E-state index contributed by atoms with van der Waals surface area (Å²) in [6, 6.07) is 6.77. The molecule has 0 heterocycles. The summed E-state index contributed by atoms with van der Waals surface area (Å²) in [6.45, 7) is 11.5. The van der Waals surface area contributed by atoms with E-state index in [0.717, 1.165) is 27.8 Å². The van der Waals surface area contributed by atoms with Gasteiger partial charge in [-0.25, -0.2) is 8.42 Å². The van der Waals surface area contributed by atoms with Gasteiger partial charge < -0.3 is 9.47 Å². The van der Waals surface area contributed by atoms with Gasteiger partial charge >= 0.3 is 5.97 Å². The van der Waals surface area contributed by atoms with Gasteiger partial charge in [0.2, 0.25) is 0 Å². The van der Waals surface area contributed by atoms with E-state index in [0.29, 0.717) is 16.3 Å². The molecule has 0 aromatic heterocycles. The third-order valence-electron chi connectivity index (χ3n) is 5.66. The number of carbonyl (C=O) groups excluding carboxylic acids is 1. The van der Waals surface area contributed by atoms with Gasteiger partial charge in [-0.15, -0.1) is 0 Å². The van der Waals surface area contributed by atoms with Crippen molar-refractivity contribution in [3.63, 3.8) is 0 Å². The summed E-state index contributed by atoms with van der Waals surface area (Å²) in [6.07, 6.45) is -0.0407. The maximum Gasteiger partial charge on any atom is 0.307 e. The molecule has 0 unspecified atom stereocenters. The van der Waals surface area contributed by atoms with E-state index in [1.165, 1.54) is 4.31 Å². The lowest BCUT2D eigenvalue weighted by atomic mass is 9.95. The lowest BCUT2D eigenvalue weighted by Gasteiger charge is -2.28. The predicted octanol–water partition coefficient (Wildman–Crippen LogP) is 4.39. The van der Waals surface area contributed by atoms with Gasteiger partial charge in [0, 0.05) is 6.54 Å². The average Bonchev–Trinajstić information content (AvgIpc) is 2.71. The number of ether oxygens (including phenoxy) is 2. The molecule has 0 aliphatic carbocycles. The quantitative estimate of drug-likeness (QED) is 0.578. The number of nitrogens with zero attached hydrogens (tertiary/aromatic N) is 1. The maximum atomic E-state index is 13.9. The van der Waals surface area contributed by atoms with Crippen LogP contribution in [0.15, 0.2) is 29.2 Å². The van der Waals surface area contributed by atoms with Crippen molar-refractivity contribution in [1.29, 1.82) is 0 Å². The second kappa shape index (κ2) is 9.51. The van der Waals surface area contributed by atoms with Gasteiger partial charge in [-0.2, -0.15) is 0 Å². The molecule has 7 heteroatoms. The first-order valence-corrected chi connectivity index (χ1v) is 11.4. The third-order valence-corrected chi connectivity index (χ3v) is 7.77. The van der Waals surface area contributed by atoms with Gasteiger partial charge in [-0.05, 0) is 93.6 Å². The number of hydrogen-bond acceptors (Lipinski definition) is 5. The molecular weight excluding hydrogens is 402 g/mol. The van der Waals surface area contributed by atoms with Crippen LogP contribution in [0, 0.1) is 34.6 Å². The zero-order valence-electron chi connectivity index (χ0n) is 18.8. The molecule has 0 bridgehead atoms. The van der Waals surface area contributed by atoms with Crippen LogP contribution in [0.4, 0.5) is 5.69 Å². The molecular formula is C23H31NO5S. The normalized spacial score (nSPS) is 11.3. The fourth-order valence-corrected chi connectivity index (χ4v) is 5.56. The highest BCUT2D eigenvalue weighted by Crippen LogP contribution is 2.34. The van der Waals surface area contributed by atoms with E-state index in [4.69, 9.17) is 9.47 Å². The largest absolute Gasteiger partial charge is 0.497 e. The minimum Gasteiger partial charge on any atom is -0.497 e. The fourth-order valence-electron chi connectivity index (χ4n) is 3.53. The first-order valence-electron chi connectivity index (χ1n) is 9.95. The average molecular weight is 434 g/mol. The van der Waals surface area contributed by atoms with E-state index in [9.17, 15) is 13.2 Å². The number of benzene rings is 2. The summed E-state index contributed by atoms with van der Waals surface area (Å²) in [5.41, 5.74) is 4.92. The van der Waals surface area contributed by atoms with Crippen LogP contribution in [0.25, 0.3) is 0 Å². The van der Waals surface area contributed by atoms with E-state index in [-0.39, 0.29) is 19.6 Å². The summed E-state index contributed by atoms with van der Waals surface area (Å²) >= 11 is 0. The molecule has 0 atom stereocenters. The Balaban J connectivity index is 2.63. The van der Waals surface area contributed by atoms with Gasteiger partial charge in [-0.3, -0.25) is 9.10 Å². The van der Waals surface area contributed by atoms with Crippen LogP contribution in [0.5, 0.6) is 5.75 Å². The molecule has 0 fully saturated rings. The third kappa shape index (κ3) is 4.61. The predicted molar refractivity (Wildman–Crippen MR) is 119 cm³/mol. The fraction of sp³-hybridized carbons (Fsp3) is 0.435. The first-order chi connectivity index (χ1) is 14.1. The Bertz CT molecular complexity index is 998. The van der Waals surface area contributed by atoms with Gasteiger partial charge in [0.05, 0.1) is 30.7 Å². The smallest absolute Gasteiger partial charge is 0.307 e. The topological polar surface area (TPSA) is 72.9 Å². The van der Waals surface area contributed by atoms with Crippen LogP contribution in [0.1, 0.15) is 41.2 Å². The van der Waals surface area contributed by atoms with Crippen LogP contribution >= 0.6 is 0 Å². The number of esters is 1. The maximum absolute atomic E-state index is 13.9. The molecule has 6 nitrogen and oxygen atoms in total. The van der Waals surface area contributed by atoms with Crippen LogP contribution in [0.2, 0.25) is 0 Å². The number of carbonyl (C=O) groups is 1. The number of rotatable bonds is 8. The number of methoxy groups -OCH3 is 1. The van der Waals surface area contributed by atoms with E-state index in [1.807, 2.05) is 34.6 Å². The van der Waals surface area contributed by atoms with Crippen molar-refractivity contribution in [1.82, 2.24) is 0 Å². The minimum atomic E-state index is -3.92. The molecule has 164 valence electrons. The van der Waals surface area contributed by atoms with E-state index in [1.54, 1.807) is 38.3 Å². The number of anilines is 1. The molecule has 2 rings (SSSR count). The minimum absolute atomic E-state index is 0.0155. The van der Waals surface area contributed by atoms with Crippen molar-refractivity contribution in [3.05, 3.63) is 52.1 Å². The Morgan fingerprint density at radius 1 is 0.900 bits per heavy atom. The molecule has 0 saturated carbocycles. The van der Waals surface area contributed by atoms with Crippen LogP contribution in [-0.4, -0.2) is 34.6 Å². The summed E-state index contributed by atoms with van der Waals surface area (Å²) in [4.78, 5) is 12.3. The Hall–Kier alpha value is -2.54. The zero-order chi connectivity index (χ0) is 22.6. The summed E-state index contributed by atoms with van der Waals surface area (Å²) in [5.74, 6) is 0.187. The number of sulfonamides is 1. The monoisotopic (exact) mass is 433 g/mol. The van der Waals surface area contributed by atoms with Gasteiger partial charge in [0.1, 0.15) is 5.75 Å². The van der Waals surface area contributed by atoms with Crippen molar-refractivity contribution in [3.8, 4) is 5.75 Å². The second-order valence-electron chi connectivity index (χ2n) is 7.28. The molecule has 2 aromatic rings. The Morgan fingerprint density at radius 3 is 1.87 bits per heavy atom. The Labute approximate surface area is 179 Å². The van der Waals surface area contributed by atoms with Gasteiger partial charge in [0.15, 0.2) is 0 Å². The molecule has 0 saturated heterocycles. The molecule has 2 aromatic carbocycles. The molecule has 0 aliphatic heterocycles. The zero-order valence-corrected chi connectivity index (χ0v) is 19.6. The molecule has 0 radical (unpaired) electrons. The standard InChI is InChI=1S/C23H31NO5S/c1-8-29-22(25)13-14-24(20-9-11-21(28-7)12-10-20)30(26,27)23-18(5)16(3)15(2)17(4)19(23)6/h9-12H,8,13-14H2,1-7H3. The number of hydrogen-bond donors (Lipinski definition) is 0. The SMILES string of the molecule is CCOC(=O)CCN(c1ccc(OC)cc1)S(=O)(=O)c1c(C)c(C)c(C)c(C)c1C. The lowest BCUT2D eigenvalue weighted by molar-refractivity contribution is -0.142. The highest BCUT2D eigenvalue weighted by Gasteiger charge is 2.31. The molecule has 30 heavy (non-hydrogen) atoms. The second-order valence-corrected chi connectivity index (χ2v) is 9.08. The van der Waals surface area contributed by atoms with Crippen molar-refractivity contribution < 1.29 is 22.7 Å². The first kappa shape index (κ1) is 23.7. The summed E-state index contributed by atoms with van der Waals surface area (Å²) in [5, 5.41) is 0. The van der Waals surface area contributed by atoms with Crippen LogP contribution in [-0.2, 0) is 19.6 Å².